The smallest absolute Gasteiger partial charge is 0.311 e. The molecule has 1 aromatic carbocycles. The molecule has 1 amide bonds. The Hall–Kier alpha value is -1.84. The van der Waals surface area contributed by atoms with Crippen LogP contribution in [0.4, 0.5) is 0 Å². The first kappa shape index (κ1) is 15.5. The second-order valence-corrected chi connectivity index (χ2v) is 6.90. The molecule has 0 heterocycles. The molecule has 2 N–H and O–H groups in total. The fourth-order valence-electron chi connectivity index (χ4n) is 2.38. The number of amides is 1. The summed E-state index contributed by atoms with van der Waals surface area (Å²) in [5.41, 5.74) is -0.660. The Morgan fingerprint density at radius 2 is 1.71 bits per heavy atom. The molecule has 1 fully saturated rings. The van der Waals surface area contributed by atoms with Crippen LogP contribution >= 0.6 is 0 Å². The first-order valence-electron chi connectivity index (χ1n) is 7.27. The maximum Gasteiger partial charge on any atom is 0.311 e. The molecule has 114 valence electrons. The standard InChI is InChI=1S/C17H23NO3/c1-16(2,15(20)21)17(3,4)18-14(19)13-10-12(13)11-8-6-5-7-9-11/h5-9,12-13H,10H2,1-4H3,(H,18,19)(H,20,21)/t12-,13+/m0/s1. The SMILES string of the molecule is CC(C)(NC(=O)[C@@H]1C[C@H]1c1ccccc1)C(C)(C)C(=O)O. The minimum atomic E-state index is -1.03. The third-order valence-electron chi connectivity index (χ3n) is 4.89. The largest absolute Gasteiger partial charge is 0.481 e. The van der Waals surface area contributed by atoms with Crippen LogP contribution < -0.4 is 5.32 Å². The Balaban J connectivity index is 2.02. The maximum atomic E-state index is 12.4. The van der Waals surface area contributed by atoms with Crippen molar-refractivity contribution in [2.75, 3.05) is 0 Å². The molecule has 0 bridgehead atoms. The van der Waals surface area contributed by atoms with Crippen molar-refractivity contribution in [2.45, 2.75) is 45.6 Å². The topological polar surface area (TPSA) is 66.4 Å². The van der Waals surface area contributed by atoms with Gasteiger partial charge in [-0.05, 0) is 45.6 Å². The average Bonchev–Trinajstić information content (AvgIpc) is 3.19. The van der Waals surface area contributed by atoms with E-state index in [2.05, 4.69) is 5.32 Å². The van der Waals surface area contributed by atoms with Gasteiger partial charge in [-0.25, -0.2) is 0 Å². The van der Waals surface area contributed by atoms with Gasteiger partial charge in [0.15, 0.2) is 0 Å². The molecule has 0 aromatic heterocycles. The molecule has 0 saturated heterocycles. The van der Waals surface area contributed by atoms with Gasteiger partial charge in [-0.2, -0.15) is 0 Å². The number of aliphatic carboxylic acids is 1. The van der Waals surface area contributed by atoms with E-state index in [1.165, 1.54) is 5.56 Å². The van der Waals surface area contributed by atoms with Crippen molar-refractivity contribution >= 4 is 11.9 Å². The van der Waals surface area contributed by atoms with Gasteiger partial charge in [0, 0.05) is 11.5 Å². The number of benzene rings is 1. The summed E-state index contributed by atoms with van der Waals surface area (Å²) in [6, 6.07) is 9.97. The molecule has 0 unspecified atom stereocenters. The third-order valence-corrected chi connectivity index (χ3v) is 4.89. The molecule has 4 nitrogen and oxygen atoms in total. The Morgan fingerprint density at radius 3 is 2.24 bits per heavy atom. The fraction of sp³-hybridized carbons (Fsp3) is 0.529. The Bertz CT molecular complexity index is 548. The zero-order valence-electron chi connectivity index (χ0n) is 13.0. The van der Waals surface area contributed by atoms with Crippen LogP contribution in [0, 0.1) is 11.3 Å². The molecule has 21 heavy (non-hydrogen) atoms. The highest BCUT2D eigenvalue weighted by molar-refractivity contribution is 5.85. The molecule has 0 spiro atoms. The summed E-state index contributed by atoms with van der Waals surface area (Å²) >= 11 is 0. The van der Waals surface area contributed by atoms with Gasteiger partial charge >= 0.3 is 5.97 Å². The monoisotopic (exact) mass is 289 g/mol. The van der Waals surface area contributed by atoms with Gasteiger partial charge in [-0.1, -0.05) is 30.3 Å². The quantitative estimate of drug-likeness (QED) is 0.876. The number of nitrogens with one attached hydrogen (secondary N) is 1. The Labute approximate surface area is 125 Å². The van der Waals surface area contributed by atoms with Gasteiger partial charge in [0.05, 0.1) is 5.41 Å². The first-order chi connectivity index (χ1) is 9.67. The van der Waals surface area contributed by atoms with Crippen molar-refractivity contribution in [3.8, 4) is 0 Å². The lowest BCUT2D eigenvalue weighted by Crippen LogP contribution is -2.57. The van der Waals surface area contributed by atoms with Crippen LogP contribution in [0.15, 0.2) is 30.3 Å². The molecule has 2 atom stereocenters. The van der Waals surface area contributed by atoms with Crippen LogP contribution in [0.25, 0.3) is 0 Å². The van der Waals surface area contributed by atoms with Crippen molar-refractivity contribution in [1.29, 1.82) is 0 Å². The van der Waals surface area contributed by atoms with E-state index in [0.717, 1.165) is 6.42 Å². The van der Waals surface area contributed by atoms with E-state index in [-0.39, 0.29) is 17.7 Å². The summed E-state index contributed by atoms with van der Waals surface area (Å²) in [5.74, 6) is -0.752. The Kier molecular flexibility index (Phi) is 3.83. The van der Waals surface area contributed by atoms with Crippen LogP contribution in [-0.2, 0) is 9.59 Å². The molecular weight excluding hydrogens is 266 g/mol. The third kappa shape index (κ3) is 2.94. The van der Waals surface area contributed by atoms with E-state index in [1.54, 1.807) is 27.7 Å². The minimum Gasteiger partial charge on any atom is -0.481 e. The highest BCUT2D eigenvalue weighted by Crippen LogP contribution is 2.48. The number of carbonyl (C=O) groups is 2. The zero-order chi connectivity index (χ0) is 15.8. The Morgan fingerprint density at radius 1 is 1.14 bits per heavy atom. The lowest BCUT2D eigenvalue weighted by Gasteiger charge is -2.38. The van der Waals surface area contributed by atoms with Crippen molar-refractivity contribution in [2.24, 2.45) is 11.3 Å². The van der Waals surface area contributed by atoms with Crippen LogP contribution in [-0.4, -0.2) is 22.5 Å². The molecule has 1 aromatic rings. The summed E-state index contributed by atoms with van der Waals surface area (Å²) in [5, 5.41) is 12.2. The first-order valence-corrected chi connectivity index (χ1v) is 7.27. The second-order valence-electron chi connectivity index (χ2n) is 6.90. The van der Waals surface area contributed by atoms with Gasteiger partial charge in [-0.3, -0.25) is 9.59 Å². The van der Waals surface area contributed by atoms with Crippen molar-refractivity contribution < 1.29 is 14.7 Å². The van der Waals surface area contributed by atoms with Crippen LogP contribution in [0.1, 0.15) is 45.6 Å². The van der Waals surface area contributed by atoms with Gasteiger partial charge in [0.25, 0.3) is 0 Å². The van der Waals surface area contributed by atoms with Crippen molar-refractivity contribution in [1.82, 2.24) is 5.32 Å². The van der Waals surface area contributed by atoms with Crippen LogP contribution in [0.3, 0.4) is 0 Å². The van der Waals surface area contributed by atoms with Crippen LogP contribution in [0.2, 0.25) is 0 Å². The molecule has 2 rings (SSSR count). The summed E-state index contributed by atoms with van der Waals surface area (Å²) in [4.78, 5) is 23.7. The summed E-state index contributed by atoms with van der Waals surface area (Å²) < 4.78 is 0. The molecule has 1 saturated carbocycles. The van der Waals surface area contributed by atoms with E-state index < -0.39 is 16.9 Å². The number of carboxylic acids is 1. The summed E-state index contributed by atoms with van der Waals surface area (Å²) in [7, 11) is 0. The number of carbonyl (C=O) groups excluding carboxylic acids is 1. The highest BCUT2D eigenvalue weighted by Gasteiger charge is 2.49. The lowest BCUT2D eigenvalue weighted by atomic mass is 9.74. The van der Waals surface area contributed by atoms with Gasteiger partial charge in [-0.15, -0.1) is 0 Å². The van der Waals surface area contributed by atoms with Gasteiger partial charge < -0.3 is 10.4 Å². The molecule has 0 aliphatic heterocycles. The second kappa shape index (κ2) is 5.17. The van der Waals surface area contributed by atoms with Crippen molar-refractivity contribution in [3.63, 3.8) is 0 Å². The maximum absolute atomic E-state index is 12.4. The van der Waals surface area contributed by atoms with E-state index in [1.807, 2.05) is 30.3 Å². The lowest BCUT2D eigenvalue weighted by molar-refractivity contribution is -0.151. The predicted octanol–water partition coefficient (Wildman–Crippen LogP) is 2.80. The van der Waals surface area contributed by atoms with E-state index >= 15 is 0 Å². The zero-order valence-corrected chi connectivity index (χ0v) is 13.0. The van der Waals surface area contributed by atoms with E-state index in [4.69, 9.17) is 0 Å². The predicted molar refractivity (Wildman–Crippen MR) is 80.9 cm³/mol. The summed E-state index contributed by atoms with van der Waals surface area (Å²) in [6.07, 6.45) is 0.833. The van der Waals surface area contributed by atoms with Gasteiger partial charge in [0.2, 0.25) is 5.91 Å². The number of hydrogen-bond donors (Lipinski definition) is 2. The minimum absolute atomic E-state index is 0.0451. The number of hydrogen-bond acceptors (Lipinski definition) is 2. The number of rotatable bonds is 5. The van der Waals surface area contributed by atoms with Crippen LogP contribution in [0.5, 0.6) is 0 Å². The summed E-state index contributed by atoms with van der Waals surface area (Å²) in [6.45, 7) is 6.80. The van der Waals surface area contributed by atoms with E-state index in [9.17, 15) is 14.7 Å². The van der Waals surface area contributed by atoms with Crippen molar-refractivity contribution in [3.05, 3.63) is 35.9 Å². The molecule has 4 heteroatoms. The fourth-order valence-corrected chi connectivity index (χ4v) is 2.38. The molecule has 1 aliphatic rings. The highest BCUT2D eigenvalue weighted by atomic mass is 16.4. The van der Waals surface area contributed by atoms with E-state index in [0.29, 0.717) is 0 Å². The molecule has 0 radical (unpaired) electrons. The molecule has 1 aliphatic carbocycles. The average molecular weight is 289 g/mol. The number of carboxylic acid groups (broad SMARTS) is 1. The van der Waals surface area contributed by atoms with Gasteiger partial charge in [0.1, 0.15) is 0 Å². The molecular formula is C17H23NO3. The normalized spacial score (nSPS) is 21.7.